The van der Waals surface area contributed by atoms with E-state index in [-0.39, 0.29) is 24.1 Å². The van der Waals surface area contributed by atoms with E-state index in [9.17, 15) is 14.4 Å². The molecule has 1 saturated carbocycles. The van der Waals surface area contributed by atoms with Crippen molar-refractivity contribution in [3.05, 3.63) is 34.9 Å². The number of imide groups is 1. The van der Waals surface area contributed by atoms with Gasteiger partial charge in [0.2, 0.25) is 11.8 Å². The molecule has 154 valence electrons. The van der Waals surface area contributed by atoms with E-state index in [0.29, 0.717) is 18.5 Å². The Morgan fingerprint density at radius 3 is 2.86 bits per heavy atom. The summed E-state index contributed by atoms with van der Waals surface area (Å²) in [6.45, 7) is 4.51. The molecule has 0 radical (unpaired) electrons. The van der Waals surface area contributed by atoms with Crippen LogP contribution in [0.3, 0.4) is 0 Å². The first-order valence-electron chi connectivity index (χ1n) is 10.8. The summed E-state index contributed by atoms with van der Waals surface area (Å²) in [5.41, 5.74) is 2.83. The minimum atomic E-state index is -0.557. The smallest absolute Gasteiger partial charge is 0.255 e. The summed E-state index contributed by atoms with van der Waals surface area (Å²) in [4.78, 5) is 38.2. The number of hydrogen-bond donors (Lipinski definition) is 3. The van der Waals surface area contributed by atoms with Gasteiger partial charge in [-0.2, -0.15) is 0 Å². The minimum absolute atomic E-state index is 0.105. The Bertz CT molecular complexity index is 854. The molecule has 4 atom stereocenters. The Balaban J connectivity index is 1.25. The first kappa shape index (κ1) is 18.8. The van der Waals surface area contributed by atoms with E-state index >= 15 is 0 Å². The van der Waals surface area contributed by atoms with Crippen molar-refractivity contribution in [2.45, 2.75) is 44.8 Å². The summed E-state index contributed by atoms with van der Waals surface area (Å²) < 4.78 is 0. The number of amides is 3. The van der Waals surface area contributed by atoms with Crippen LogP contribution in [0.1, 0.15) is 47.2 Å². The van der Waals surface area contributed by atoms with Gasteiger partial charge in [-0.25, -0.2) is 0 Å². The first-order valence-corrected chi connectivity index (χ1v) is 10.8. The average molecular weight is 396 g/mol. The fourth-order valence-electron chi connectivity index (χ4n) is 5.72. The molecule has 7 nitrogen and oxygen atoms in total. The van der Waals surface area contributed by atoms with Crippen LogP contribution < -0.4 is 16.0 Å². The maximum Gasteiger partial charge on any atom is 0.255 e. The monoisotopic (exact) mass is 396 g/mol. The summed E-state index contributed by atoms with van der Waals surface area (Å²) in [6, 6.07) is 5.29. The van der Waals surface area contributed by atoms with Crippen LogP contribution in [0.4, 0.5) is 0 Å². The fraction of sp³-hybridized carbons (Fsp3) is 0.591. The zero-order chi connectivity index (χ0) is 20.0. The van der Waals surface area contributed by atoms with Gasteiger partial charge in [0.25, 0.3) is 5.91 Å². The molecular formula is C22H28N4O3. The summed E-state index contributed by atoms with van der Waals surface area (Å²) in [5.74, 6) is 1.66. The van der Waals surface area contributed by atoms with Gasteiger partial charge < -0.3 is 15.5 Å². The van der Waals surface area contributed by atoms with Crippen molar-refractivity contribution in [2.24, 2.45) is 17.8 Å². The molecule has 3 fully saturated rings. The van der Waals surface area contributed by atoms with E-state index in [2.05, 4.69) is 22.0 Å². The lowest BCUT2D eigenvalue weighted by Gasteiger charge is -2.29. The molecule has 29 heavy (non-hydrogen) atoms. The summed E-state index contributed by atoms with van der Waals surface area (Å²) in [6.07, 6.45) is 3.32. The number of carbonyl (C=O) groups is 3. The number of nitrogens with one attached hydrogen (secondary N) is 3. The molecule has 3 aliphatic heterocycles. The highest BCUT2D eigenvalue weighted by Crippen LogP contribution is 2.39. The van der Waals surface area contributed by atoms with Crippen molar-refractivity contribution in [2.75, 3.05) is 19.6 Å². The predicted octanol–water partition coefficient (Wildman–Crippen LogP) is 0.783. The van der Waals surface area contributed by atoms with Crippen LogP contribution in [-0.4, -0.2) is 48.3 Å². The third-order valence-electron chi connectivity index (χ3n) is 7.31. The molecule has 1 aromatic carbocycles. The van der Waals surface area contributed by atoms with E-state index in [1.807, 2.05) is 12.1 Å². The summed E-state index contributed by atoms with van der Waals surface area (Å²) >= 11 is 0. The molecule has 2 saturated heterocycles. The van der Waals surface area contributed by atoms with Gasteiger partial charge in [0, 0.05) is 25.1 Å². The lowest BCUT2D eigenvalue weighted by Crippen LogP contribution is -2.52. The van der Waals surface area contributed by atoms with E-state index in [1.165, 1.54) is 19.4 Å². The van der Waals surface area contributed by atoms with Gasteiger partial charge in [0.1, 0.15) is 6.04 Å². The van der Waals surface area contributed by atoms with Crippen LogP contribution in [0.2, 0.25) is 0 Å². The third kappa shape index (κ3) is 3.36. The normalized spacial score (nSPS) is 31.2. The van der Waals surface area contributed by atoms with Crippen molar-refractivity contribution in [1.82, 2.24) is 20.9 Å². The van der Waals surface area contributed by atoms with E-state index in [4.69, 9.17) is 0 Å². The van der Waals surface area contributed by atoms with E-state index in [1.54, 1.807) is 4.90 Å². The highest BCUT2D eigenvalue weighted by Gasteiger charge is 2.40. The number of piperidine rings is 1. The average Bonchev–Trinajstić information content (AvgIpc) is 3.39. The molecule has 4 aliphatic rings. The molecule has 7 heteroatoms. The first-order chi connectivity index (χ1) is 14.1. The van der Waals surface area contributed by atoms with Crippen molar-refractivity contribution in [3.8, 4) is 0 Å². The molecule has 1 aromatic rings. The topological polar surface area (TPSA) is 90.5 Å². The van der Waals surface area contributed by atoms with Gasteiger partial charge in [-0.3, -0.25) is 19.7 Å². The standard InChI is InChI=1S/C22H28N4O3/c27-20-7-6-19(21(28)25-20)26-12-18-13(2-1-3-16(18)22(26)29)8-23-9-14-4-5-15-10-24-11-17(14)15/h1-3,14-15,17,19,23-24H,4-12H2,(H,25,27,28). The van der Waals surface area contributed by atoms with Crippen LogP contribution in [0.15, 0.2) is 18.2 Å². The lowest BCUT2D eigenvalue weighted by atomic mass is 9.92. The molecule has 0 aromatic heterocycles. The number of hydrogen-bond acceptors (Lipinski definition) is 5. The second kappa shape index (κ2) is 7.54. The number of fused-ring (bicyclic) bond motifs is 2. The molecule has 5 rings (SSSR count). The second-order valence-electron chi connectivity index (χ2n) is 8.89. The van der Waals surface area contributed by atoms with Gasteiger partial charge in [-0.15, -0.1) is 0 Å². The highest BCUT2D eigenvalue weighted by molar-refractivity contribution is 6.05. The Morgan fingerprint density at radius 1 is 1.10 bits per heavy atom. The molecule has 3 amide bonds. The number of carbonyl (C=O) groups excluding carboxylic acids is 3. The molecule has 0 spiro atoms. The third-order valence-corrected chi connectivity index (χ3v) is 7.31. The SMILES string of the molecule is O=C1CCC(N2Cc3c(CNCC4CCC5CNCC45)cccc3C2=O)C(=O)N1. The summed E-state index contributed by atoms with van der Waals surface area (Å²) in [5, 5.41) is 9.51. The largest absolute Gasteiger partial charge is 0.322 e. The molecule has 0 bridgehead atoms. The number of benzene rings is 1. The van der Waals surface area contributed by atoms with Crippen molar-refractivity contribution >= 4 is 17.7 Å². The fourth-order valence-corrected chi connectivity index (χ4v) is 5.72. The molecular weight excluding hydrogens is 368 g/mol. The Kier molecular flexibility index (Phi) is 4.87. The zero-order valence-electron chi connectivity index (χ0n) is 16.6. The molecule has 3 N–H and O–H groups in total. The van der Waals surface area contributed by atoms with Crippen molar-refractivity contribution in [1.29, 1.82) is 0 Å². The molecule has 4 unspecified atom stereocenters. The quantitative estimate of drug-likeness (QED) is 0.640. The van der Waals surface area contributed by atoms with Crippen molar-refractivity contribution in [3.63, 3.8) is 0 Å². The molecule has 3 heterocycles. The maximum atomic E-state index is 12.9. The van der Waals surface area contributed by atoms with E-state index in [0.717, 1.165) is 48.5 Å². The second-order valence-corrected chi connectivity index (χ2v) is 8.89. The highest BCUT2D eigenvalue weighted by atomic mass is 16.2. The van der Waals surface area contributed by atoms with Crippen LogP contribution >= 0.6 is 0 Å². The Labute approximate surface area is 170 Å². The molecule has 1 aliphatic carbocycles. The zero-order valence-corrected chi connectivity index (χ0v) is 16.6. The maximum absolute atomic E-state index is 12.9. The lowest BCUT2D eigenvalue weighted by molar-refractivity contribution is -0.136. The van der Waals surface area contributed by atoms with Crippen LogP contribution in [0.5, 0.6) is 0 Å². The number of nitrogens with zero attached hydrogens (tertiary/aromatic N) is 1. The minimum Gasteiger partial charge on any atom is -0.322 e. The van der Waals surface area contributed by atoms with Crippen molar-refractivity contribution < 1.29 is 14.4 Å². The van der Waals surface area contributed by atoms with Crippen LogP contribution in [-0.2, 0) is 22.7 Å². The van der Waals surface area contributed by atoms with Crippen LogP contribution in [0, 0.1) is 17.8 Å². The van der Waals surface area contributed by atoms with Gasteiger partial charge in [0.05, 0.1) is 0 Å². The Morgan fingerprint density at radius 2 is 2.00 bits per heavy atom. The Hall–Kier alpha value is -2.25. The summed E-state index contributed by atoms with van der Waals surface area (Å²) in [7, 11) is 0. The predicted molar refractivity (Wildman–Crippen MR) is 107 cm³/mol. The van der Waals surface area contributed by atoms with Gasteiger partial charge in [-0.05, 0) is 73.8 Å². The van der Waals surface area contributed by atoms with Gasteiger partial charge >= 0.3 is 0 Å². The van der Waals surface area contributed by atoms with E-state index < -0.39 is 6.04 Å². The van der Waals surface area contributed by atoms with Gasteiger partial charge in [0.15, 0.2) is 0 Å². The van der Waals surface area contributed by atoms with Crippen LogP contribution in [0.25, 0.3) is 0 Å². The van der Waals surface area contributed by atoms with Gasteiger partial charge in [-0.1, -0.05) is 12.1 Å². The number of rotatable bonds is 5.